The fourth-order valence-electron chi connectivity index (χ4n) is 11.6. The number of β-amino-alcohol motifs (C(OH)–C–C–N with tert-alkyl or cyclic N) is 1. The number of hydrogen-bond acceptors (Lipinski definition) is 10. The number of hydrogen-bond donors (Lipinski definition) is 1. The monoisotopic (exact) mass is 993 g/mol. The third-order valence-electron chi connectivity index (χ3n) is 14.9. The van der Waals surface area contributed by atoms with Gasteiger partial charge < -0.3 is 33.5 Å². The summed E-state index contributed by atoms with van der Waals surface area (Å²) in [7, 11) is -5.06. The van der Waals surface area contributed by atoms with Crippen LogP contribution in [0.25, 0.3) is 32.9 Å². The van der Waals surface area contributed by atoms with E-state index in [1.165, 1.54) is 11.0 Å². The minimum atomic E-state index is -2.64. The predicted molar refractivity (Wildman–Crippen MR) is 280 cm³/mol. The normalized spacial score (nSPS) is 21.4. The van der Waals surface area contributed by atoms with Crippen LogP contribution in [0.4, 0.5) is 19.0 Å². The smallest absolute Gasteiger partial charge is 0.319 e. The van der Waals surface area contributed by atoms with Crippen molar-refractivity contribution in [3.63, 3.8) is 0 Å². The van der Waals surface area contributed by atoms with E-state index in [0.29, 0.717) is 28.4 Å². The van der Waals surface area contributed by atoms with E-state index in [1.54, 1.807) is 37.8 Å². The predicted octanol–water partition coefficient (Wildman–Crippen LogP) is 12.8. The molecular formula is C54H78F3N5O5Si2. The van der Waals surface area contributed by atoms with E-state index in [2.05, 4.69) is 94.5 Å². The quantitative estimate of drug-likeness (QED) is 0.0915. The second-order valence-corrected chi connectivity index (χ2v) is 32.7. The molecule has 2 fully saturated rings. The van der Waals surface area contributed by atoms with Gasteiger partial charge in [-0.1, -0.05) is 102 Å². The molecule has 2 aliphatic heterocycles. The fourth-order valence-corrected chi connectivity index (χ4v) is 22.1. The van der Waals surface area contributed by atoms with Crippen molar-refractivity contribution in [3.8, 4) is 40.4 Å². The molecule has 0 radical (unpaired) electrons. The molecule has 1 N–H and O–H groups in total. The Bertz CT molecular complexity index is 2660. The lowest BCUT2D eigenvalue weighted by Gasteiger charge is -2.42. The number of piperidine rings is 1. The van der Waals surface area contributed by atoms with Gasteiger partial charge in [0.25, 0.3) is 8.32 Å². The topological polar surface area (TPSA) is 102 Å². The summed E-state index contributed by atoms with van der Waals surface area (Å²) in [5, 5.41) is 12.5. The Morgan fingerprint density at radius 1 is 0.884 bits per heavy atom. The van der Waals surface area contributed by atoms with Crippen LogP contribution in [0.3, 0.4) is 0 Å². The number of ether oxygens (including phenoxy) is 3. The van der Waals surface area contributed by atoms with Crippen molar-refractivity contribution in [3.05, 3.63) is 53.4 Å². The third kappa shape index (κ3) is 10.6. The van der Waals surface area contributed by atoms with E-state index in [9.17, 15) is 9.50 Å². The van der Waals surface area contributed by atoms with Crippen LogP contribution in [0.5, 0.6) is 17.6 Å². The molecule has 0 spiro atoms. The average molecular weight is 993 g/mol. The SMILES string of the molecule is [2H]C([2H])([2H])N1CC/C(=C\F)[C@](C)(COc2nc(N3CCOC[C@@](C)(O)C3)c3c(OCC)nc(-c4cc(O[Si](C(C)C)(C(C)C)C(C)C)cc5ccc(F)c(C#C[Si](C(C)C)(C(C)C)C(C)C)c45)c(F)c3n2)C1. The second-order valence-electron chi connectivity index (χ2n) is 21.8. The molecule has 4 aromatic rings. The zero-order valence-corrected chi connectivity index (χ0v) is 45.7. The van der Waals surface area contributed by atoms with E-state index in [4.69, 9.17) is 37.7 Å². The van der Waals surface area contributed by atoms with Crippen LogP contribution in [0.15, 0.2) is 36.2 Å². The molecule has 6 rings (SSSR count). The largest absolute Gasteiger partial charge is 0.543 e. The van der Waals surface area contributed by atoms with E-state index in [-0.39, 0.29) is 138 Å². The van der Waals surface area contributed by atoms with Gasteiger partial charge in [0.05, 0.1) is 38.3 Å². The minimum absolute atomic E-state index is 0.0138. The van der Waals surface area contributed by atoms with Gasteiger partial charge in [-0.25, -0.2) is 18.2 Å². The first-order valence-electron chi connectivity index (χ1n) is 26.3. The van der Waals surface area contributed by atoms with Crippen molar-refractivity contribution in [1.29, 1.82) is 0 Å². The van der Waals surface area contributed by atoms with Crippen LogP contribution in [0, 0.1) is 28.5 Å². The third-order valence-corrected chi connectivity index (χ3v) is 27.2. The van der Waals surface area contributed by atoms with E-state index < -0.39 is 46.0 Å². The molecule has 10 nitrogen and oxygen atoms in total. The molecule has 0 amide bonds. The van der Waals surface area contributed by atoms with Crippen LogP contribution < -0.4 is 18.8 Å². The first-order chi connectivity index (χ1) is 33.6. The fraction of sp³-hybridized carbons (Fsp3) is 0.611. The number of likely N-dealkylation sites (tertiary alicyclic amines) is 1. The van der Waals surface area contributed by atoms with Gasteiger partial charge >= 0.3 is 6.01 Å². The highest BCUT2D eigenvalue weighted by molar-refractivity contribution is 6.90. The van der Waals surface area contributed by atoms with Gasteiger partial charge in [0.1, 0.15) is 54.3 Å². The Morgan fingerprint density at radius 3 is 2.14 bits per heavy atom. The van der Waals surface area contributed by atoms with Gasteiger partial charge in [0.15, 0.2) is 5.82 Å². The van der Waals surface area contributed by atoms with Gasteiger partial charge in [-0.15, -0.1) is 5.54 Å². The summed E-state index contributed by atoms with van der Waals surface area (Å²) in [5.41, 5.74) is 2.81. The molecule has 2 atom stereocenters. The molecule has 378 valence electrons. The van der Waals surface area contributed by atoms with Crippen molar-refractivity contribution in [2.45, 2.75) is 149 Å². The lowest BCUT2D eigenvalue weighted by atomic mass is 9.78. The molecule has 15 heteroatoms. The molecule has 0 aliphatic carbocycles. The van der Waals surface area contributed by atoms with Crippen molar-refractivity contribution in [2.75, 3.05) is 64.5 Å². The highest BCUT2D eigenvalue weighted by Gasteiger charge is 2.47. The van der Waals surface area contributed by atoms with Crippen molar-refractivity contribution >= 4 is 43.9 Å². The number of benzene rings is 2. The summed E-state index contributed by atoms with van der Waals surface area (Å²) >= 11 is 0. The molecule has 0 unspecified atom stereocenters. The Labute approximate surface area is 416 Å². The molecule has 0 bridgehead atoms. The first-order valence-corrected chi connectivity index (χ1v) is 29.2. The van der Waals surface area contributed by atoms with Crippen LogP contribution in [-0.4, -0.2) is 107 Å². The van der Waals surface area contributed by atoms with Crippen molar-refractivity contribution < 1.29 is 41.0 Å². The zero-order chi connectivity index (χ0) is 53.5. The average Bonchev–Trinajstić information content (AvgIpc) is 3.47. The van der Waals surface area contributed by atoms with Gasteiger partial charge in [0, 0.05) is 40.1 Å². The Kier molecular flexibility index (Phi) is 15.3. The van der Waals surface area contributed by atoms with E-state index in [0.717, 1.165) is 0 Å². The number of anilines is 1. The van der Waals surface area contributed by atoms with Crippen molar-refractivity contribution in [2.24, 2.45) is 5.41 Å². The Hall–Kier alpha value is -4.21. The maximum absolute atomic E-state index is 18.6. The summed E-state index contributed by atoms with van der Waals surface area (Å²) < 4.78 is 100. The Balaban J connectivity index is 1.73. The number of nitrogens with zero attached hydrogens (tertiary/aromatic N) is 5. The zero-order valence-electron chi connectivity index (χ0n) is 46.7. The highest BCUT2D eigenvalue weighted by Crippen LogP contribution is 2.47. The van der Waals surface area contributed by atoms with Crippen molar-refractivity contribution in [1.82, 2.24) is 19.9 Å². The lowest BCUT2D eigenvalue weighted by molar-refractivity contribution is -0.0123. The number of aliphatic hydroxyl groups is 1. The van der Waals surface area contributed by atoms with Gasteiger partial charge in [-0.3, -0.25) is 0 Å². The number of halogens is 3. The molecule has 69 heavy (non-hydrogen) atoms. The van der Waals surface area contributed by atoms with Crippen LogP contribution >= 0.6 is 0 Å². The highest BCUT2D eigenvalue weighted by atomic mass is 28.4. The molecule has 2 saturated heterocycles. The van der Waals surface area contributed by atoms with Gasteiger partial charge in [0.2, 0.25) is 5.88 Å². The Morgan fingerprint density at radius 2 is 1.55 bits per heavy atom. The molecule has 2 aromatic heterocycles. The molecule has 2 aliphatic rings. The summed E-state index contributed by atoms with van der Waals surface area (Å²) in [6.45, 7) is 29.3. The first kappa shape index (κ1) is 49.8. The summed E-state index contributed by atoms with van der Waals surface area (Å²) in [5.74, 6) is 2.54. The standard InChI is InChI=1S/C54H78F3N5O5Si2/c1-17-65-51-46-49(59-52(60-50(46)62-23-24-64-32-54(15,63)30-62)66-31-53(14)29-61(16)22-20-40(53)28-55)47(57)48(58-51)43-27-41(67-69(36(8)9,37(10)11)38(12)13)26-39-18-19-44(56)42(45(39)43)21-25-68(33(2)3,34(4)5)35(6)7/h18-19,26-28,33-38,63H,17,20,22-24,29-32H2,1-16H3/b40-28+/t53-,54-/m0/s1/i16D3. The summed E-state index contributed by atoms with van der Waals surface area (Å²) in [4.78, 5) is 17.6. The summed E-state index contributed by atoms with van der Waals surface area (Å²) in [6, 6.07) is 6.45. The minimum Gasteiger partial charge on any atom is -0.543 e. The van der Waals surface area contributed by atoms with Crippen LogP contribution in [-0.2, 0) is 4.74 Å². The number of pyridine rings is 1. The van der Waals surface area contributed by atoms with Crippen LogP contribution in [0.1, 0.15) is 120 Å². The lowest BCUT2D eigenvalue weighted by Crippen LogP contribution is -2.50. The van der Waals surface area contributed by atoms with E-state index in [1.807, 2.05) is 6.07 Å². The number of fused-ring (bicyclic) bond motifs is 2. The molecule has 4 heterocycles. The van der Waals surface area contributed by atoms with Crippen LogP contribution in [0.2, 0.25) is 33.2 Å². The maximum atomic E-state index is 18.6. The maximum Gasteiger partial charge on any atom is 0.319 e. The van der Waals surface area contributed by atoms with Gasteiger partial charge in [-0.05, 0) is 89.6 Å². The molecular weight excluding hydrogens is 912 g/mol. The molecule has 0 saturated carbocycles. The van der Waals surface area contributed by atoms with Gasteiger partial charge in [-0.2, -0.15) is 9.97 Å². The molecule has 2 aromatic carbocycles. The van der Waals surface area contributed by atoms with E-state index >= 15 is 8.78 Å². The number of aromatic nitrogens is 3. The number of rotatable bonds is 15. The summed E-state index contributed by atoms with van der Waals surface area (Å²) in [6.07, 6.45) is 0.645. The second kappa shape index (κ2) is 21.3.